The van der Waals surface area contributed by atoms with Gasteiger partial charge in [-0.25, -0.2) is 4.79 Å². The topological polar surface area (TPSA) is 90.5 Å². The van der Waals surface area contributed by atoms with E-state index in [0.717, 1.165) is 0 Å². The normalized spacial score (nSPS) is 13.4. The first kappa shape index (κ1) is 14.0. The molecular weight excluding hydrogens is 234 g/mol. The van der Waals surface area contributed by atoms with E-state index in [0.29, 0.717) is 12.8 Å². The molecule has 0 amide bonds. The molecule has 0 saturated heterocycles. The summed E-state index contributed by atoms with van der Waals surface area (Å²) in [7, 11) is 0. The minimum absolute atomic E-state index is 0.169. The molecule has 5 heteroatoms. The van der Waals surface area contributed by atoms with E-state index in [4.69, 9.17) is 15.1 Å². The molecule has 2 unspecified atom stereocenters. The van der Waals surface area contributed by atoms with Crippen molar-refractivity contribution in [2.24, 2.45) is 0 Å². The average molecular weight is 249 g/mol. The van der Waals surface area contributed by atoms with Gasteiger partial charge in [-0.1, -0.05) is 25.5 Å². The smallest absolute Gasteiger partial charge is 0.347 e. The van der Waals surface area contributed by atoms with Crippen molar-refractivity contribution < 1.29 is 19.7 Å². The summed E-state index contributed by atoms with van der Waals surface area (Å²) < 4.78 is 5.24. The summed E-state index contributed by atoms with van der Waals surface area (Å²) in [5, 5.41) is 27.6. The molecule has 0 saturated carbocycles. The van der Waals surface area contributed by atoms with Crippen LogP contribution < -0.4 is 4.74 Å². The number of nitrogens with zero attached hydrogens (tertiary/aromatic N) is 1. The molecule has 1 rings (SSSR count). The van der Waals surface area contributed by atoms with Crippen LogP contribution in [-0.4, -0.2) is 28.4 Å². The molecule has 0 spiro atoms. The third-order valence-electron chi connectivity index (χ3n) is 2.44. The molecule has 0 aromatic heterocycles. The second kappa shape index (κ2) is 6.62. The van der Waals surface area contributed by atoms with Crippen molar-refractivity contribution in [2.45, 2.75) is 32.0 Å². The SMILES string of the molecule is CCCC(O)C(Oc1ccccc1C#N)C(=O)O. The fourth-order valence-corrected chi connectivity index (χ4v) is 1.54. The largest absolute Gasteiger partial charge is 0.478 e. The molecular formula is C13H15NO4. The Morgan fingerprint density at radius 1 is 1.50 bits per heavy atom. The molecule has 2 N–H and O–H groups in total. The van der Waals surface area contributed by atoms with Crippen molar-refractivity contribution in [3.8, 4) is 11.8 Å². The van der Waals surface area contributed by atoms with Crippen LogP contribution in [0.2, 0.25) is 0 Å². The van der Waals surface area contributed by atoms with E-state index in [1.165, 1.54) is 12.1 Å². The number of rotatable bonds is 6. The lowest BCUT2D eigenvalue weighted by molar-refractivity contribution is -0.150. The Kier molecular flexibility index (Phi) is 5.15. The van der Waals surface area contributed by atoms with E-state index in [-0.39, 0.29) is 11.3 Å². The van der Waals surface area contributed by atoms with Gasteiger partial charge in [-0.3, -0.25) is 0 Å². The lowest BCUT2D eigenvalue weighted by Gasteiger charge is -2.20. The van der Waals surface area contributed by atoms with Crippen LogP contribution in [0.1, 0.15) is 25.3 Å². The number of aliphatic hydroxyl groups is 1. The van der Waals surface area contributed by atoms with Crippen LogP contribution in [0.25, 0.3) is 0 Å². The number of benzene rings is 1. The fraction of sp³-hybridized carbons (Fsp3) is 0.385. The van der Waals surface area contributed by atoms with Gasteiger partial charge in [-0.2, -0.15) is 5.26 Å². The summed E-state index contributed by atoms with van der Waals surface area (Å²) in [6.45, 7) is 1.84. The Morgan fingerprint density at radius 2 is 2.17 bits per heavy atom. The van der Waals surface area contributed by atoms with Crippen molar-refractivity contribution in [2.75, 3.05) is 0 Å². The number of carboxylic acids is 1. The molecule has 1 aromatic rings. The maximum absolute atomic E-state index is 11.1. The Hall–Kier alpha value is -2.06. The molecule has 0 aliphatic carbocycles. The zero-order valence-corrected chi connectivity index (χ0v) is 10.0. The highest BCUT2D eigenvalue weighted by molar-refractivity contribution is 5.73. The molecule has 96 valence electrons. The Labute approximate surface area is 105 Å². The average Bonchev–Trinajstić information content (AvgIpc) is 2.36. The Bertz CT molecular complexity index is 453. The number of carboxylic acid groups (broad SMARTS) is 1. The fourth-order valence-electron chi connectivity index (χ4n) is 1.54. The molecule has 0 heterocycles. The monoisotopic (exact) mass is 249 g/mol. The Morgan fingerprint density at radius 3 is 2.72 bits per heavy atom. The van der Waals surface area contributed by atoms with Gasteiger partial charge in [0.1, 0.15) is 17.9 Å². The summed E-state index contributed by atoms with van der Waals surface area (Å²) in [6, 6.07) is 8.24. The highest BCUT2D eigenvalue weighted by Gasteiger charge is 2.28. The summed E-state index contributed by atoms with van der Waals surface area (Å²) in [6.07, 6.45) is -1.49. The lowest BCUT2D eigenvalue weighted by atomic mass is 10.1. The second-order valence-electron chi connectivity index (χ2n) is 3.84. The predicted octanol–water partition coefficient (Wildman–Crippen LogP) is 1.55. The van der Waals surface area contributed by atoms with Crippen molar-refractivity contribution in [1.82, 2.24) is 0 Å². The molecule has 0 bridgehead atoms. The first-order valence-electron chi connectivity index (χ1n) is 5.66. The number of aliphatic carboxylic acids is 1. The van der Waals surface area contributed by atoms with Gasteiger partial charge in [-0.05, 0) is 18.6 Å². The molecule has 0 aliphatic heterocycles. The van der Waals surface area contributed by atoms with E-state index in [9.17, 15) is 9.90 Å². The highest BCUT2D eigenvalue weighted by atomic mass is 16.5. The van der Waals surface area contributed by atoms with Gasteiger partial charge in [0.05, 0.1) is 5.56 Å². The third kappa shape index (κ3) is 3.47. The third-order valence-corrected chi connectivity index (χ3v) is 2.44. The van der Waals surface area contributed by atoms with E-state index < -0.39 is 18.2 Å². The molecule has 0 fully saturated rings. The number of hydrogen-bond donors (Lipinski definition) is 2. The van der Waals surface area contributed by atoms with Crippen molar-refractivity contribution in [3.05, 3.63) is 29.8 Å². The number of para-hydroxylation sites is 1. The van der Waals surface area contributed by atoms with Gasteiger partial charge in [-0.15, -0.1) is 0 Å². The van der Waals surface area contributed by atoms with Gasteiger partial charge >= 0.3 is 5.97 Å². The predicted molar refractivity (Wildman–Crippen MR) is 64.1 cm³/mol. The summed E-state index contributed by atoms with van der Waals surface area (Å²) in [4.78, 5) is 11.1. The van der Waals surface area contributed by atoms with Crippen LogP contribution in [0.3, 0.4) is 0 Å². The quantitative estimate of drug-likeness (QED) is 0.798. The van der Waals surface area contributed by atoms with Gasteiger partial charge < -0.3 is 14.9 Å². The van der Waals surface area contributed by atoms with E-state index in [1.54, 1.807) is 12.1 Å². The standard InChI is InChI=1S/C13H15NO4/c1-2-5-10(15)12(13(16)17)18-11-7-4-3-6-9(11)8-14/h3-4,6-7,10,12,15H,2,5H2,1H3,(H,16,17). The number of ether oxygens (including phenoxy) is 1. The summed E-state index contributed by atoms with van der Waals surface area (Å²) in [5.74, 6) is -1.08. The van der Waals surface area contributed by atoms with Gasteiger partial charge in [0.15, 0.2) is 0 Å². The van der Waals surface area contributed by atoms with Gasteiger partial charge in [0.2, 0.25) is 6.10 Å². The number of hydrogen-bond acceptors (Lipinski definition) is 4. The van der Waals surface area contributed by atoms with E-state index in [1.807, 2.05) is 13.0 Å². The van der Waals surface area contributed by atoms with E-state index >= 15 is 0 Å². The minimum atomic E-state index is -1.36. The van der Waals surface area contributed by atoms with Crippen LogP contribution in [0, 0.1) is 11.3 Å². The maximum atomic E-state index is 11.1. The van der Waals surface area contributed by atoms with Crippen LogP contribution >= 0.6 is 0 Å². The first-order chi connectivity index (χ1) is 8.60. The maximum Gasteiger partial charge on any atom is 0.347 e. The van der Waals surface area contributed by atoms with Crippen LogP contribution in [0.5, 0.6) is 5.75 Å². The van der Waals surface area contributed by atoms with Crippen LogP contribution in [0.4, 0.5) is 0 Å². The van der Waals surface area contributed by atoms with E-state index in [2.05, 4.69) is 0 Å². The Balaban J connectivity index is 2.90. The highest BCUT2D eigenvalue weighted by Crippen LogP contribution is 2.20. The number of carbonyl (C=O) groups is 1. The van der Waals surface area contributed by atoms with Gasteiger partial charge in [0.25, 0.3) is 0 Å². The molecule has 2 atom stereocenters. The van der Waals surface area contributed by atoms with Gasteiger partial charge in [0, 0.05) is 0 Å². The minimum Gasteiger partial charge on any atom is -0.478 e. The molecule has 5 nitrogen and oxygen atoms in total. The van der Waals surface area contributed by atoms with Crippen molar-refractivity contribution in [1.29, 1.82) is 5.26 Å². The number of aliphatic hydroxyl groups excluding tert-OH is 1. The van der Waals surface area contributed by atoms with Crippen LogP contribution in [0.15, 0.2) is 24.3 Å². The number of nitriles is 1. The lowest BCUT2D eigenvalue weighted by Crippen LogP contribution is -2.39. The van der Waals surface area contributed by atoms with Crippen molar-refractivity contribution >= 4 is 5.97 Å². The van der Waals surface area contributed by atoms with Crippen molar-refractivity contribution in [3.63, 3.8) is 0 Å². The second-order valence-corrected chi connectivity index (χ2v) is 3.84. The summed E-state index contributed by atoms with van der Waals surface area (Å²) >= 11 is 0. The molecule has 0 radical (unpaired) electrons. The zero-order valence-electron chi connectivity index (χ0n) is 10.0. The summed E-state index contributed by atoms with van der Waals surface area (Å²) in [5.41, 5.74) is 0.243. The molecule has 0 aliphatic rings. The first-order valence-corrected chi connectivity index (χ1v) is 5.66. The molecule has 1 aromatic carbocycles. The zero-order chi connectivity index (χ0) is 13.5. The molecule has 18 heavy (non-hydrogen) atoms. The van der Waals surface area contributed by atoms with Crippen LogP contribution in [-0.2, 0) is 4.79 Å².